The van der Waals surface area contributed by atoms with E-state index in [1.54, 1.807) is 0 Å². The van der Waals surface area contributed by atoms with Gasteiger partial charge in [-0.05, 0) is 84.2 Å². The highest BCUT2D eigenvalue weighted by Crippen LogP contribution is 2.37. The summed E-state index contributed by atoms with van der Waals surface area (Å²) >= 11 is 0. The average Bonchev–Trinajstić information content (AvgIpc) is 3.51. The molecule has 0 aromatic heterocycles. The fraction of sp³-hybridized carbons (Fsp3) is 0.419. The molecule has 2 fully saturated rings. The number of aliphatic hydroxyl groups is 2. The highest BCUT2D eigenvalue weighted by Gasteiger charge is 2.35. The summed E-state index contributed by atoms with van der Waals surface area (Å²) in [6.07, 6.45) is 7.65. The van der Waals surface area contributed by atoms with Crippen LogP contribution in [0.2, 0.25) is 0 Å². The molecule has 2 aliphatic heterocycles. The largest absolute Gasteiger partial charge is 0.492 e. The normalized spacial score (nSPS) is 24.4. The van der Waals surface area contributed by atoms with Gasteiger partial charge >= 0.3 is 0 Å². The zero-order chi connectivity index (χ0) is 24.7. The van der Waals surface area contributed by atoms with Gasteiger partial charge in [0.1, 0.15) is 12.4 Å². The number of benzene rings is 2. The lowest BCUT2D eigenvalue weighted by Gasteiger charge is -2.21. The molecule has 0 spiro atoms. The van der Waals surface area contributed by atoms with E-state index in [9.17, 15) is 10.2 Å². The molecule has 0 amide bonds. The van der Waals surface area contributed by atoms with Crippen LogP contribution in [0.3, 0.4) is 0 Å². The maximum atomic E-state index is 10.0. The zero-order valence-corrected chi connectivity index (χ0v) is 21.0. The number of likely N-dealkylation sites (tertiary alicyclic amines) is 1. The second-order valence-electron chi connectivity index (χ2n) is 10.2. The molecule has 5 rings (SSSR count). The number of rotatable bonds is 10. The van der Waals surface area contributed by atoms with Gasteiger partial charge in [-0.3, -0.25) is 4.90 Å². The summed E-state index contributed by atoms with van der Waals surface area (Å²) in [5.41, 5.74) is 5.75. The van der Waals surface area contributed by atoms with Gasteiger partial charge in [0, 0.05) is 26.2 Å². The summed E-state index contributed by atoms with van der Waals surface area (Å²) in [5, 5.41) is 23.1. The van der Waals surface area contributed by atoms with Crippen molar-refractivity contribution in [1.82, 2.24) is 10.2 Å². The molecular weight excluding hydrogens is 448 g/mol. The van der Waals surface area contributed by atoms with E-state index in [1.807, 2.05) is 18.2 Å². The Morgan fingerprint density at radius 2 is 1.72 bits per heavy atom. The summed E-state index contributed by atoms with van der Waals surface area (Å²) in [6.45, 7) is 6.51. The number of aliphatic hydroxyl groups excluding tert-OH is 2. The van der Waals surface area contributed by atoms with E-state index < -0.39 is 6.10 Å². The van der Waals surface area contributed by atoms with E-state index in [1.165, 1.54) is 18.7 Å². The van der Waals surface area contributed by atoms with Crippen molar-refractivity contribution in [3.63, 3.8) is 0 Å². The van der Waals surface area contributed by atoms with Crippen LogP contribution >= 0.6 is 0 Å². The first-order chi connectivity index (χ1) is 17.7. The number of nitrogens with one attached hydrogen (secondary N) is 1. The van der Waals surface area contributed by atoms with E-state index in [2.05, 4.69) is 64.8 Å². The molecule has 2 aromatic rings. The van der Waals surface area contributed by atoms with Crippen molar-refractivity contribution < 1.29 is 14.9 Å². The molecule has 0 saturated carbocycles. The number of hydrogen-bond acceptors (Lipinski definition) is 5. The van der Waals surface area contributed by atoms with Gasteiger partial charge < -0.3 is 20.3 Å². The van der Waals surface area contributed by atoms with Crippen molar-refractivity contribution in [2.75, 3.05) is 45.9 Å². The number of fused-ring (bicyclic) bond motifs is 1. The second-order valence-corrected chi connectivity index (χ2v) is 10.2. The topological polar surface area (TPSA) is 65.0 Å². The Kier molecular flexibility index (Phi) is 8.34. The molecular formula is C31H38N2O3. The van der Waals surface area contributed by atoms with Crippen LogP contribution in [-0.4, -0.2) is 67.2 Å². The molecule has 36 heavy (non-hydrogen) atoms. The van der Waals surface area contributed by atoms with Crippen LogP contribution in [0.4, 0.5) is 0 Å². The van der Waals surface area contributed by atoms with Gasteiger partial charge in [0.2, 0.25) is 0 Å². The highest BCUT2D eigenvalue weighted by atomic mass is 16.5. The monoisotopic (exact) mass is 486 g/mol. The van der Waals surface area contributed by atoms with Crippen LogP contribution in [0.5, 0.6) is 5.75 Å². The minimum atomic E-state index is -0.435. The fourth-order valence-electron chi connectivity index (χ4n) is 5.76. The van der Waals surface area contributed by atoms with Crippen LogP contribution in [0, 0.1) is 11.8 Å². The quantitative estimate of drug-likeness (QED) is 0.441. The number of nitrogens with zero attached hydrogens (tertiary/aromatic N) is 1. The van der Waals surface area contributed by atoms with Gasteiger partial charge in [0.15, 0.2) is 0 Å². The van der Waals surface area contributed by atoms with Crippen LogP contribution in [0.1, 0.15) is 30.4 Å². The lowest BCUT2D eigenvalue weighted by Crippen LogP contribution is -2.29. The fourth-order valence-corrected chi connectivity index (χ4v) is 5.76. The predicted molar refractivity (Wildman–Crippen MR) is 146 cm³/mol. The third-order valence-electron chi connectivity index (χ3n) is 7.66. The predicted octanol–water partition coefficient (Wildman–Crippen LogP) is 4.15. The van der Waals surface area contributed by atoms with Gasteiger partial charge in [-0.2, -0.15) is 0 Å². The van der Waals surface area contributed by atoms with E-state index in [0.29, 0.717) is 19.4 Å². The minimum absolute atomic E-state index is 0.152. The van der Waals surface area contributed by atoms with Crippen LogP contribution in [-0.2, 0) is 0 Å². The SMILES string of the molecule is OCCC/C(=C(\C1=CCC(O)C=C1)c1ccc(OCCN2C[C@H]3CNC[C@H]3C2)cc1)c1ccccc1. The van der Waals surface area contributed by atoms with Gasteiger partial charge in [0.05, 0.1) is 6.10 Å². The second kappa shape index (κ2) is 12.0. The third-order valence-corrected chi connectivity index (χ3v) is 7.66. The molecule has 1 aliphatic carbocycles. The summed E-state index contributed by atoms with van der Waals surface area (Å²) < 4.78 is 6.13. The standard InChI is InChI=1S/C31H38N2O3/c34-17-4-7-30(23-5-2-1-3-6-23)31(24-8-12-28(35)13-9-24)25-10-14-29(15-11-25)36-18-16-33-21-26-19-32-20-27(26)22-33/h1-3,5-6,8-12,14-15,26-28,32,34-35H,4,7,13,16-22H2/b31-30-/t26-,27+,28?. The first-order valence-corrected chi connectivity index (χ1v) is 13.3. The summed E-state index contributed by atoms with van der Waals surface area (Å²) in [6, 6.07) is 18.8. The number of hydrogen-bond donors (Lipinski definition) is 3. The average molecular weight is 487 g/mol. The number of ether oxygens (including phenoxy) is 1. The Balaban J connectivity index is 1.35. The van der Waals surface area contributed by atoms with Crippen LogP contribution in [0.25, 0.3) is 11.1 Å². The van der Waals surface area contributed by atoms with Crippen molar-refractivity contribution in [1.29, 1.82) is 0 Å². The summed E-state index contributed by atoms with van der Waals surface area (Å²) in [7, 11) is 0. The Hall–Kier alpha value is -2.70. The lowest BCUT2D eigenvalue weighted by molar-refractivity contribution is 0.225. The Morgan fingerprint density at radius 3 is 2.39 bits per heavy atom. The van der Waals surface area contributed by atoms with Crippen LogP contribution < -0.4 is 10.1 Å². The molecule has 2 aromatic carbocycles. The van der Waals surface area contributed by atoms with Gasteiger partial charge in [0.25, 0.3) is 0 Å². The Bertz CT molecular complexity index is 1080. The van der Waals surface area contributed by atoms with Crippen molar-refractivity contribution in [2.24, 2.45) is 11.8 Å². The molecule has 0 radical (unpaired) electrons. The highest BCUT2D eigenvalue weighted by molar-refractivity contribution is 5.99. The molecule has 3 atom stereocenters. The van der Waals surface area contributed by atoms with Crippen molar-refractivity contribution in [3.05, 3.63) is 89.5 Å². The molecule has 5 heteroatoms. The van der Waals surface area contributed by atoms with Crippen molar-refractivity contribution in [3.8, 4) is 5.75 Å². The Morgan fingerprint density at radius 1 is 0.972 bits per heavy atom. The van der Waals surface area contributed by atoms with E-state index >= 15 is 0 Å². The van der Waals surface area contributed by atoms with Crippen molar-refractivity contribution in [2.45, 2.75) is 25.4 Å². The van der Waals surface area contributed by atoms with E-state index in [0.717, 1.165) is 65.9 Å². The van der Waals surface area contributed by atoms with Gasteiger partial charge in [-0.25, -0.2) is 0 Å². The Labute approximate surface area is 214 Å². The molecule has 5 nitrogen and oxygen atoms in total. The van der Waals surface area contributed by atoms with Crippen molar-refractivity contribution >= 4 is 11.1 Å². The minimum Gasteiger partial charge on any atom is -0.492 e. The maximum absolute atomic E-state index is 10.0. The third kappa shape index (κ3) is 5.98. The molecule has 190 valence electrons. The molecule has 0 bridgehead atoms. The molecule has 1 unspecified atom stereocenters. The van der Waals surface area contributed by atoms with E-state index in [4.69, 9.17) is 4.74 Å². The molecule has 2 heterocycles. The first kappa shape index (κ1) is 25.0. The van der Waals surface area contributed by atoms with Crippen LogP contribution in [0.15, 0.2) is 78.4 Å². The maximum Gasteiger partial charge on any atom is 0.119 e. The molecule has 3 N–H and O–H groups in total. The van der Waals surface area contributed by atoms with Gasteiger partial charge in [-0.1, -0.05) is 60.7 Å². The zero-order valence-electron chi connectivity index (χ0n) is 21.0. The summed E-state index contributed by atoms with van der Waals surface area (Å²) in [5.74, 6) is 2.51. The lowest BCUT2D eigenvalue weighted by atomic mass is 9.85. The molecule has 2 saturated heterocycles. The van der Waals surface area contributed by atoms with Gasteiger partial charge in [-0.15, -0.1) is 0 Å². The van der Waals surface area contributed by atoms with E-state index in [-0.39, 0.29) is 6.61 Å². The smallest absolute Gasteiger partial charge is 0.119 e. The molecule has 3 aliphatic rings. The first-order valence-electron chi connectivity index (χ1n) is 13.3. The summed E-state index contributed by atoms with van der Waals surface area (Å²) in [4.78, 5) is 2.54. The number of allylic oxidation sites excluding steroid dienone is 4.